The fourth-order valence-corrected chi connectivity index (χ4v) is 5.95. The molecule has 0 radical (unpaired) electrons. The van der Waals surface area contributed by atoms with Crippen molar-refractivity contribution in [3.05, 3.63) is 27.7 Å². The van der Waals surface area contributed by atoms with Gasteiger partial charge in [0.25, 0.3) is 5.91 Å². The minimum atomic E-state index is -4.32. The molecule has 6 nitrogen and oxygen atoms in total. The number of rotatable bonds is 4. The van der Waals surface area contributed by atoms with E-state index < -0.39 is 34.1 Å². The summed E-state index contributed by atoms with van der Waals surface area (Å²) in [5.74, 6) is -2.21. The van der Waals surface area contributed by atoms with Crippen molar-refractivity contribution in [1.82, 2.24) is 9.62 Å². The normalized spacial score (nSPS) is 23.9. The molecular formula is C18H21Cl2F3N2O4S. The molecule has 1 aromatic rings. The molecule has 2 aliphatic rings. The first-order valence-corrected chi connectivity index (χ1v) is 11.6. The van der Waals surface area contributed by atoms with Crippen LogP contribution in [-0.2, 0) is 14.8 Å². The van der Waals surface area contributed by atoms with Crippen LogP contribution < -0.4 is 5.32 Å². The standard InChI is InChI=1S/C18H21Cl2F3N2O4S/c19-14-10-15(20)16(30(27,28)25-4-6-29-7-5-25)9-13(14)17(26)24-12-3-1-2-11(8-12)18(21,22)23/h9-12H,1-8H2,(H,24,26). The van der Waals surface area contributed by atoms with Gasteiger partial charge in [0.2, 0.25) is 10.0 Å². The number of ether oxygens (including phenoxy) is 1. The average Bonchev–Trinajstić information content (AvgIpc) is 2.68. The number of alkyl halides is 3. The van der Waals surface area contributed by atoms with Gasteiger partial charge in [0, 0.05) is 19.1 Å². The van der Waals surface area contributed by atoms with Crippen molar-refractivity contribution in [3.63, 3.8) is 0 Å². The van der Waals surface area contributed by atoms with Crippen LogP contribution >= 0.6 is 23.2 Å². The van der Waals surface area contributed by atoms with Gasteiger partial charge in [0.05, 0.1) is 34.7 Å². The number of hydrogen-bond donors (Lipinski definition) is 1. The molecule has 1 aromatic carbocycles. The molecule has 1 aliphatic carbocycles. The maximum absolute atomic E-state index is 13.0. The van der Waals surface area contributed by atoms with E-state index in [2.05, 4.69) is 5.32 Å². The van der Waals surface area contributed by atoms with Crippen molar-refractivity contribution in [3.8, 4) is 0 Å². The van der Waals surface area contributed by atoms with E-state index >= 15 is 0 Å². The first kappa shape index (κ1) is 23.6. The molecule has 2 fully saturated rings. The van der Waals surface area contributed by atoms with Gasteiger partial charge in [-0.15, -0.1) is 0 Å². The van der Waals surface area contributed by atoms with Crippen molar-refractivity contribution in [2.75, 3.05) is 26.3 Å². The highest BCUT2D eigenvalue weighted by Crippen LogP contribution is 2.38. The van der Waals surface area contributed by atoms with Crippen LogP contribution in [0, 0.1) is 5.92 Å². The van der Waals surface area contributed by atoms with Crippen LogP contribution in [0.5, 0.6) is 0 Å². The number of nitrogens with zero attached hydrogens (tertiary/aromatic N) is 1. The SMILES string of the molecule is O=C(NC1CCCC(C(F)(F)F)C1)c1cc(S(=O)(=O)N2CCOCC2)c(Cl)cc1Cl. The number of morpholine rings is 1. The third kappa shape index (κ3) is 5.21. The number of sulfonamides is 1. The van der Waals surface area contributed by atoms with Crippen molar-refractivity contribution >= 4 is 39.1 Å². The lowest BCUT2D eigenvalue weighted by atomic mass is 9.85. The predicted octanol–water partition coefficient (Wildman–Crippen LogP) is 3.87. The largest absolute Gasteiger partial charge is 0.391 e. The number of nitrogens with one attached hydrogen (secondary N) is 1. The van der Waals surface area contributed by atoms with Gasteiger partial charge in [-0.1, -0.05) is 29.6 Å². The van der Waals surface area contributed by atoms with E-state index in [0.717, 1.165) is 12.1 Å². The number of carbonyl (C=O) groups excluding carboxylic acids is 1. The van der Waals surface area contributed by atoms with E-state index in [9.17, 15) is 26.4 Å². The smallest absolute Gasteiger partial charge is 0.379 e. The molecule has 2 unspecified atom stereocenters. The predicted molar refractivity (Wildman–Crippen MR) is 105 cm³/mol. The third-order valence-electron chi connectivity index (χ3n) is 5.33. The summed E-state index contributed by atoms with van der Waals surface area (Å²) in [6.07, 6.45) is -3.78. The lowest BCUT2D eigenvalue weighted by Gasteiger charge is -2.31. The van der Waals surface area contributed by atoms with Crippen LogP contribution in [0.2, 0.25) is 10.0 Å². The van der Waals surface area contributed by atoms with E-state index in [4.69, 9.17) is 27.9 Å². The van der Waals surface area contributed by atoms with Crippen molar-refractivity contribution in [2.45, 2.75) is 42.8 Å². The topological polar surface area (TPSA) is 75.7 Å². The van der Waals surface area contributed by atoms with Crippen LogP contribution in [0.1, 0.15) is 36.0 Å². The third-order valence-corrected chi connectivity index (χ3v) is 8.00. The Kier molecular flexibility index (Phi) is 7.23. The molecule has 2 atom stereocenters. The minimum Gasteiger partial charge on any atom is -0.379 e. The number of halogens is 5. The molecule has 30 heavy (non-hydrogen) atoms. The summed E-state index contributed by atoms with van der Waals surface area (Å²) in [6, 6.07) is 1.56. The number of carbonyl (C=O) groups is 1. The molecular weight excluding hydrogens is 468 g/mol. The molecule has 1 saturated carbocycles. The van der Waals surface area contributed by atoms with Gasteiger partial charge in [0.15, 0.2) is 0 Å². The Labute approximate surface area is 182 Å². The maximum atomic E-state index is 13.0. The van der Waals surface area contributed by atoms with Crippen LogP contribution in [-0.4, -0.2) is 57.2 Å². The monoisotopic (exact) mass is 488 g/mol. The van der Waals surface area contributed by atoms with Crippen molar-refractivity contribution in [2.24, 2.45) is 5.92 Å². The average molecular weight is 489 g/mol. The van der Waals surface area contributed by atoms with Gasteiger partial charge in [-0.3, -0.25) is 4.79 Å². The quantitative estimate of drug-likeness (QED) is 0.697. The maximum Gasteiger partial charge on any atom is 0.391 e. The first-order valence-electron chi connectivity index (χ1n) is 9.44. The Morgan fingerprint density at radius 3 is 2.43 bits per heavy atom. The fraction of sp³-hybridized carbons (Fsp3) is 0.611. The molecule has 168 valence electrons. The molecule has 1 N–H and O–H groups in total. The molecule has 0 spiro atoms. The molecule has 1 saturated heterocycles. The Morgan fingerprint density at radius 1 is 1.13 bits per heavy atom. The zero-order valence-corrected chi connectivity index (χ0v) is 18.2. The Morgan fingerprint density at radius 2 is 1.80 bits per heavy atom. The molecule has 3 rings (SSSR count). The summed E-state index contributed by atoms with van der Waals surface area (Å²) >= 11 is 12.2. The second-order valence-electron chi connectivity index (χ2n) is 7.35. The van der Waals surface area contributed by atoms with E-state index in [1.807, 2.05) is 0 Å². The van der Waals surface area contributed by atoms with Crippen molar-refractivity contribution in [1.29, 1.82) is 0 Å². The zero-order valence-electron chi connectivity index (χ0n) is 15.8. The van der Waals surface area contributed by atoms with Gasteiger partial charge in [-0.25, -0.2) is 8.42 Å². The summed E-state index contributed by atoms with van der Waals surface area (Å²) in [6.45, 7) is 0.757. The highest BCUT2D eigenvalue weighted by Gasteiger charge is 2.42. The Balaban J connectivity index is 1.82. The van der Waals surface area contributed by atoms with Gasteiger partial charge < -0.3 is 10.1 Å². The van der Waals surface area contributed by atoms with E-state index in [-0.39, 0.29) is 59.6 Å². The summed E-state index contributed by atoms with van der Waals surface area (Å²) < 4.78 is 71.2. The van der Waals surface area contributed by atoms with Crippen LogP contribution in [0.15, 0.2) is 17.0 Å². The van der Waals surface area contributed by atoms with E-state index in [1.165, 1.54) is 4.31 Å². The highest BCUT2D eigenvalue weighted by atomic mass is 35.5. The molecule has 0 bridgehead atoms. The van der Waals surface area contributed by atoms with Crippen molar-refractivity contribution < 1.29 is 31.1 Å². The van der Waals surface area contributed by atoms with Crippen LogP contribution in [0.25, 0.3) is 0 Å². The number of hydrogen-bond acceptors (Lipinski definition) is 4. The molecule has 12 heteroatoms. The lowest BCUT2D eigenvalue weighted by molar-refractivity contribution is -0.183. The summed E-state index contributed by atoms with van der Waals surface area (Å²) in [5, 5.41) is 2.34. The van der Waals surface area contributed by atoms with Crippen LogP contribution in [0.3, 0.4) is 0 Å². The van der Waals surface area contributed by atoms with Gasteiger partial charge in [-0.05, 0) is 31.4 Å². The minimum absolute atomic E-state index is 0.0273. The van der Waals surface area contributed by atoms with E-state index in [1.54, 1.807) is 0 Å². The Bertz CT molecular complexity index is 905. The molecule has 0 aromatic heterocycles. The number of benzene rings is 1. The molecule has 1 aliphatic heterocycles. The molecule has 1 heterocycles. The van der Waals surface area contributed by atoms with E-state index in [0.29, 0.717) is 12.8 Å². The lowest BCUT2D eigenvalue weighted by Crippen LogP contribution is -2.42. The van der Waals surface area contributed by atoms with Crippen LogP contribution in [0.4, 0.5) is 13.2 Å². The van der Waals surface area contributed by atoms with Gasteiger partial charge in [-0.2, -0.15) is 17.5 Å². The summed E-state index contributed by atoms with van der Waals surface area (Å²) in [5.41, 5.74) is -0.151. The first-order chi connectivity index (χ1) is 14.0. The molecule has 1 amide bonds. The highest BCUT2D eigenvalue weighted by molar-refractivity contribution is 7.89. The summed E-state index contributed by atoms with van der Waals surface area (Å²) in [4.78, 5) is 12.4. The number of amides is 1. The second-order valence-corrected chi connectivity index (χ2v) is 10.1. The second kappa shape index (κ2) is 9.20. The fourth-order valence-electron chi connectivity index (χ4n) is 3.71. The Hall–Kier alpha value is -1.07. The zero-order chi connectivity index (χ0) is 22.1. The van der Waals surface area contributed by atoms with Gasteiger partial charge >= 0.3 is 6.18 Å². The van der Waals surface area contributed by atoms with Gasteiger partial charge in [0.1, 0.15) is 4.90 Å². The summed E-state index contributed by atoms with van der Waals surface area (Å²) in [7, 11) is -3.99.